The largest absolute Gasteiger partial charge is 0.489 e. The highest BCUT2D eigenvalue weighted by Crippen LogP contribution is 2.30. The smallest absolute Gasteiger partial charge is 0.140 e. The van der Waals surface area contributed by atoms with Crippen LogP contribution in [0.2, 0.25) is 0 Å². The van der Waals surface area contributed by atoms with Crippen molar-refractivity contribution in [3.8, 4) is 23.7 Å². The topological polar surface area (TPSA) is 36.3 Å². The highest BCUT2D eigenvalue weighted by molar-refractivity contribution is 5.51. The predicted molar refractivity (Wildman–Crippen MR) is 86.5 cm³/mol. The standard InChI is InChI=1S/C19H21FN2O/c1-19(2,22-9-3-4-10-22)8-7-14-12-18(23-16-5-6-16)15(13-21)11-17(14)20/h11-12,16H,3-6,9-10H2,1-2H3. The fourth-order valence-corrected chi connectivity index (χ4v) is 2.78. The van der Waals surface area contributed by atoms with Gasteiger partial charge in [0.15, 0.2) is 0 Å². The van der Waals surface area contributed by atoms with Crippen molar-refractivity contribution in [1.82, 2.24) is 4.90 Å². The van der Waals surface area contributed by atoms with Crippen LogP contribution in [-0.4, -0.2) is 29.6 Å². The van der Waals surface area contributed by atoms with Crippen molar-refractivity contribution in [1.29, 1.82) is 5.26 Å². The number of hydrogen-bond acceptors (Lipinski definition) is 3. The fraction of sp³-hybridized carbons (Fsp3) is 0.526. The Morgan fingerprint density at radius 1 is 1.22 bits per heavy atom. The number of likely N-dealkylation sites (tertiary alicyclic amines) is 1. The summed E-state index contributed by atoms with van der Waals surface area (Å²) in [6.45, 7) is 6.20. The molecule has 2 fully saturated rings. The van der Waals surface area contributed by atoms with Crippen LogP contribution in [-0.2, 0) is 0 Å². The minimum absolute atomic E-state index is 0.161. The molecule has 1 saturated heterocycles. The van der Waals surface area contributed by atoms with Crippen LogP contribution >= 0.6 is 0 Å². The summed E-state index contributed by atoms with van der Waals surface area (Å²) >= 11 is 0. The molecule has 3 rings (SSSR count). The van der Waals surface area contributed by atoms with Crippen molar-refractivity contribution >= 4 is 0 Å². The molecule has 1 aliphatic heterocycles. The minimum Gasteiger partial charge on any atom is -0.489 e. The zero-order chi connectivity index (χ0) is 16.4. The van der Waals surface area contributed by atoms with Crippen LogP contribution < -0.4 is 4.74 Å². The molecule has 4 heteroatoms. The molecule has 0 spiro atoms. The lowest BCUT2D eigenvalue weighted by molar-refractivity contribution is 0.214. The van der Waals surface area contributed by atoms with Gasteiger partial charge in [-0.2, -0.15) is 5.26 Å². The summed E-state index contributed by atoms with van der Waals surface area (Å²) in [6.07, 6.45) is 4.52. The molecule has 0 aromatic heterocycles. The summed E-state index contributed by atoms with van der Waals surface area (Å²) in [5.74, 6) is 6.13. The van der Waals surface area contributed by atoms with Crippen LogP contribution in [0.25, 0.3) is 0 Å². The van der Waals surface area contributed by atoms with Gasteiger partial charge in [-0.25, -0.2) is 4.39 Å². The zero-order valence-corrected chi connectivity index (χ0v) is 13.7. The molecule has 0 unspecified atom stereocenters. The summed E-state index contributed by atoms with van der Waals surface area (Å²) < 4.78 is 19.9. The lowest BCUT2D eigenvalue weighted by Crippen LogP contribution is -2.40. The number of rotatable bonds is 3. The Labute approximate surface area is 137 Å². The maximum absolute atomic E-state index is 14.2. The first-order valence-corrected chi connectivity index (χ1v) is 8.18. The summed E-state index contributed by atoms with van der Waals surface area (Å²) in [5.41, 5.74) is 0.250. The quantitative estimate of drug-likeness (QED) is 0.802. The van der Waals surface area contributed by atoms with Crippen LogP contribution in [0.15, 0.2) is 12.1 Å². The molecule has 0 bridgehead atoms. The van der Waals surface area contributed by atoms with Crippen molar-refractivity contribution in [3.05, 3.63) is 29.1 Å². The Bertz CT molecular complexity index is 699. The van der Waals surface area contributed by atoms with E-state index in [0.29, 0.717) is 11.3 Å². The molecule has 1 saturated carbocycles. The van der Waals surface area contributed by atoms with Crippen molar-refractivity contribution < 1.29 is 9.13 Å². The number of hydrogen-bond donors (Lipinski definition) is 0. The summed E-state index contributed by atoms with van der Waals surface area (Å²) in [7, 11) is 0. The van der Waals surface area contributed by atoms with Gasteiger partial charge in [0.25, 0.3) is 0 Å². The molecule has 0 N–H and O–H groups in total. The van der Waals surface area contributed by atoms with Crippen LogP contribution in [0.1, 0.15) is 50.7 Å². The predicted octanol–water partition coefficient (Wildman–Crippen LogP) is 3.46. The van der Waals surface area contributed by atoms with Gasteiger partial charge in [-0.3, -0.25) is 4.90 Å². The van der Waals surface area contributed by atoms with Crippen LogP contribution in [0, 0.1) is 29.0 Å². The minimum atomic E-state index is -0.464. The molecular weight excluding hydrogens is 291 g/mol. The van der Waals surface area contributed by atoms with E-state index in [4.69, 9.17) is 10.00 Å². The van der Waals surface area contributed by atoms with Gasteiger partial charge in [-0.05, 0) is 58.7 Å². The molecule has 1 aromatic carbocycles. The average molecular weight is 312 g/mol. The van der Waals surface area contributed by atoms with Crippen molar-refractivity contribution in [2.24, 2.45) is 0 Å². The second-order valence-corrected chi connectivity index (χ2v) is 6.76. The third-order valence-corrected chi connectivity index (χ3v) is 4.41. The molecule has 0 radical (unpaired) electrons. The van der Waals surface area contributed by atoms with Crippen molar-refractivity contribution in [2.45, 2.75) is 51.2 Å². The Morgan fingerprint density at radius 3 is 2.52 bits per heavy atom. The molecule has 1 heterocycles. The van der Waals surface area contributed by atoms with Crippen LogP contribution in [0.3, 0.4) is 0 Å². The Kier molecular flexibility index (Phi) is 4.28. The molecule has 1 aliphatic carbocycles. The van der Waals surface area contributed by atoms with E-state index in [1.807, 2.05) is 6.07 Å². The lowest BCUT2D eigenvalue weighted by Gasteiger charge is -2.30. The normalized spacial score (nSPS) is 18.2. The van der Waals surface area contributed by atoms with E-state index in [2.05, 4.69) is 30.6 Å². The Hall–Kier alpha value is -2.04. The molecule has 0 amide bonds. The number of ether oxygens (including phenoxy) is 1. The number of halogens is 1. The maximum Gasteiger partial charge on any atom is 0.140 e. The number of nitriles is 1. The van der Waals surface area contributed by atoms with Gasteiger partial charge in [0, 0.05) is 6.07 Å². The van der Waals surface area contributed by atoms with Crippen LogP contribution in [0.5, 0.6) is 5.75 Å². The first-order valence-electron chi connectivity index (χ1n) is 8.18. The van der Waals surface area contributed by atoms with E-state index in [-0.39, 0.29) is 17.2 Å². The monoisotopic (exact) mass is 312 g/mol. The van der Waals surface area contributed by atoms with Crippen molar-refractivity contribution in [3.63, 3.8) is 0 Å². The van der Waals surface area contributed by atoms with E-state index >= 15 is 0 Å². The van der Waals surface area contributed by atoms with E-state index in [9.17, 15) is 4.39 Å². The van der Waals surface area contributed by atoms with Gasteiger partial charge in [-0.15, -0.1) is 0 Å². The molecule has 3 nitrogen and oxygen atoms in total. The fourth-order valence-electron chi connectivity index (χ4n) is 2.78. The van der Waals surface area contributed by atoms with Gasteiger partial charge in [0.05, 0.1) is 22.8 Å². The second kappa shape index (κ2) is 6.22. The van der Waals surface area contributed by atoms with Gasteiger partial charge in [-0.1, -0.05) is 11.8 Å². The maximum atomic E-state index is 14.2. The number of benzene rings is 1. The van der Waals surface area contributed by atoms with Gasteiger partial charge >= 0.3 is 0 Å². The molecule has 120 valence electrons. The SMILES string of the molecule is CC(C)(C#Cc1cc(OC2CC2)c(C#N)cc1F)N1CCCC1. The van der Waals surface area contributed by atoms with Crippen LogP contribution in [0.4, 0.5) is 4.39 Å². The molecule has 0 atom stereocenters. The highest BCUT2D eigenvalue weighted by Gasteiger charge is 2.27. The van der Waals surface area contributed by atoms with Crippen molar-refractivity contribution in [2.75, 3.05) is 13.1 Å². The number of nitrogens with zero attached hydrogens (tertiary/aromatic N) is 2. The average Bonchev–Trinajstić information content (AvgIpc) is 3.15. The highest BCUT2D eigenvalue weighted by atomic mass is 19.1. The Morgan fingerprint density at radius 2 is 1.91 bits per heavy atom. The summed E-state index contributed by atoms with van der Waals surface area (Å²) in [5, 5.41) is 9.13. The second-order valence-electron chi connectivity index (χ2n) is 6.76. The first kappa shape index (κ1) is 15.8. The van der Waals surface area contributed by atoms with E-state index in [0.717, 1.165) is 25.9 Å². The third kappa shape index (κ3) is 3.66. The van der Waals surface area contributed by atoms with Gasteiger partial charge in [0.2, 0.25) is 0 Å². The van der Waals surface area contributed by atoms with Gasteiger partial charge < -0.3 is 4.74 Å². The van der Waals surface area contributed by atoms with E-state index < -0.39 is 5.82 Å². The van der Waals surface area contributed by atoms with Gasteiger partial charge in [0.1, 0.15) is 17.6 Å². The molecule has 23 heavy (non-hydrogen) atoms. The lowest BCUT2D eigenvalue weighted by atomic mass is 10.0. The zero-order valence-electron chi connectivity index (χ0n) is 13.7. The summed E-state index contributed by atoms with van der Waals surface area (Å²) in [4.78, 5) is 2.32. The molecule has 1 aromatic rings. The first-order chi connectivity index (χ1) is 11.0. The third-order valence-electron chi connectivity index (χ3n) is 4.41. The Balaban J connectivity index is 1.87. The summed E-state index contributed by atoms with van der Waals surface area (Å²) in [6, 6.07) is 4.79. The van der Waals surface area contributed by atoms with E-state index in [1.165, 1.54) is 18.9 Å². The van der Waals surface area contributed by atoms with E-state index in [1.54, 1.807) is 6.07 Å². The molecule has 2 aliphatic rings. The molecular formula is C19H21FN2O.